The van der Waals surface area contributed by atoms with Crippen molar-refractivity contribution in [1.82, 2.24) is 0 Å². The third kappa shape index (κ3) is 1.93. The highest BCUT2D eigenvalue weighted by atomic mass is 32.1. The maximum Gasteiger partial charge on any atom is 0.217 e. The molecule has 1 atom stereocenters. The first kappa shape index (κ1) is 7.44. The molecule has 53 valence electrons. The zero-order valence-electron chi connectivity index (χ0n) is 5.41. The number of rotatable bonds is 3. The lowest BCUT2D eigenvalue weighted by Crippen LogP contribution is -2.23. The summed E-state index contributed by atoms with van der Waals surface area (Å²) in [5.41, 5.74) is 5.35. The van der Waals surface area contributed by atoms with Crippen molar-refractivity contribution in [2.45, 2.75) is 12.5 Å². The van der Waals surface area contributed by atoms with E-state index < -0.39 is 6.04 Å². The largest absolute Gasteiger partial charge is 0.321 e. The zero-order chi connectivity index (χ0) is 7.40. The van der Waals surface area contributed by atoms with Crippen LogP contribution in [-0.4, -0.2) is 12.3 Å². The maximum absolute atomic E-state index is 9.99. The second kappa shape index (κ2) is 3.49. The minimum Gasteiger partial charge on any atom is -0.321 e. The zero-order valence-corrected chi connectivity index (χ0v) is 6.23. The predicted molar refractivity (Wildman–Crippen MR) is 41.7 cm³/mol. The van der Waals surface area contributed by atoms with E-state index in [4.69, 9.17) is 5.73 Å². The average Bonchev–Trinajstić information content (AvgIpc) is 2.40. The van der Waals surface area contributed by atoms with E-state index in [0.717, 1.165) is 4.88 Å². The smallest absolute Gasteiger partial charge is 0.217 e. The fourth-order valence-corrected chi connectivity index (χ4v) is 1.45. The first-order valence-electron chi connectivity index (χ1n) is 2.98. The molecule has 10 heavy (non-hydrogen) atoms. The highest BCUT2D eigenvalue weighted by Crippen LogP contribution is 2.09. The highest BCUT2D eigenvalue weighted by molar-refractivity contribution is 7.09. The van der Waals surface area contributed by atoms with Crippen molar-refractivity contribution in [3.05, 3.63) is 22.4 Å². The normalized spacial score (nSPS) is 12.9. The molecule has 0 amide bonds. The summed E-state index contributed by atoms with van der Waals surface area (Å²) in [4.78, 5) is 11.1. The minimum absolute atomic E-state index is 0.460. The van der Waals surface area contributed by atoms with Gasteiger partial charge in [0.05, 0.1) is 6.04 Å². The summed E-state index contributed by atoms with van der Waals surface area (Å²) in [6.45, 7) is 0. The average molecular weight is 154 g/mol. The van der Waals surface area contributed by atoms with E-state index in [9.17, 15) is 4.79 Å². The molecule has 1 aromatic rings. The van der Waals surface area contributed by atoms with Gasteiger partial charge in [0.25, 0.3) is 0 Å². The molecule has 0 saturated carbocycles. The summed E-state index contributed by atoms with van der Waals surface area (Å²) >= 11 is 1.61. The fourth-order valence-electron chi connectivity index (χ4n) is 0.687. The first-order chi connectivity index (χ1) is 4.83. The molecule has 0 aliphatic heterocycles. The molecule has 0 aliphatic rings. The molecule has 2 nitrogen and oxygen atoms in total. The van der Waals surface area contributed by atoms with Crippen LogP contribution in [0.3, 0.4) is 0 Å². The fraction of sp³-hybridized carbons (Fsp3) is 0.286. The topological polar surface area (TPSA) is 43.1 Å². The molecule has 1 heterocycles. The van der Waals surface area contributed by atoms with E-state index in [1.807, 2.05) is 17.5 Å². The number of hydrogen-bond donors (Lipinski definition) is 1. The maximum atomic E-state index is 9.99. The van der Waals surface area contributed by atoms with Gasteiger partial charge in [0, 0.05) is 11.3 Å². The van der Waals surface area contributed by atoms with Crippen LogP contribution in [0.25, 0.3) is 0 Å². The molecule has 0 saturated heterocycles. The van der Waals surface area contributed by atoms with Crippen molar-refractivity contribution in [3.63, 3.8) is 0 Å². The van der Waals surface area contributed by atoms with Crippen LogP contribution < -0.4 is 5.73 Å². The summed E-state index contributed by atoms with van der Waals surface area (Å²) in [5, 5.41) is 1.97. The van der Waals surface area contributed by atoms with E-state index in [-0.39, 0.29) is 0 Å². The molecule has 1 aromatic heterocycles. The monoisotopic (exact) mass is 154 g/mol. The third-order valence-electron chi connectivity index (χ3n) is 1.15. The Bertz CT molecular complexity index is 195. The second-order valence-corrected chi connectivity index (χ2v) is 3.04. The molecule has 0 aromatic carbocycles. The molecule has 0 bridgehead atoms. The van der Waals surface area contributed by atoms with E-state index >= 15 is 0 Å². The van der Waals surface area contributed by atoms with Crippen molar-refractivity contribution in [3.8, 4) is 0 Å². The summed E-state index contributed by atoms with van der Waals surface area (Å²) in [6, 6.07) is 3.44. The van der Waals surface area contributed by atoms with Crippen LogP contribution in [0.2, 0.25) is 0 Å². The van der Waals surface area contributed by atoms with Gasteiger partial charge in [-0.1, -0.05) is 6.07 Å². The molecule has 1 radical (unpaired) electrons. The van der Waals surface area contributed by atoms with Crippen LogP contribution in [0, 0.1) is 0 Å². The van der Waals surface area contributed by atoms with Crippen LogP contribution in [0.4, 0.5) is 0 Å². The molecule has 3 heteroatoms. The first-order valence-corrected chi connectivity index (χ1v) is 3.86. The van der Waals surface area contributed by atoms with Crippen molar-refractivity contribution in [2.75, 3.05) is 0 Å². The van der Waals surface area contributed by atoms with Crippen molar-refractivity contribution in [2.24, 2.45) is 5.73 Å². The molecule has 0 aliphatic carbocycles. The van der Waals surface area contributed by atoms with Gasteiger partial charge in [0.1, 0.15) is 0 Å². The molecule has 0 fully saturated rings. The number of carbonyl (C=O) groups excluding carboxylic acids is 1. The van der Waals surface area contributed by atoms with E-state index in [1.54, 1.807) is 17.6 Å². The summed E-state index contributed by atoms with van der Waals surface area (Å²) in [7, 11) is 0. The summed E-state index contributed by atoms with van der Waals surface area (Å²) in [6.07, 6.45) is 2.35. The van der Waals surface area contributed by atoms with E-state index in [0.29, 0.717) is 6.42 Å². The second-order valence-electron chi connectivity index (χ2n) is 2.01. The van der Waals surface area contributed by atoms with Crippen molar-refractivity contribution >= 4 is 17.6 Å². The quantitative estimate of drug-likeness (QED) is 0.697. The van der Waals surface area contributed by atoms with Crippen LogP contribution in [0.1, 0.15) is 4.88 Å². The Kier molecular flexibility index (Phi) is 2.59. The Hall–Kier alpha value is -0.670. The van der Waals surface area contributed by atoms with Gasteiger partial charge in [-0.05, 0) is 11.4 Å². The lowest BCUT2D eigenvalue weighted by Gasteiger charge is -1.97. The number of hydrogen-bond acceptors (Lipinski definition) is 3. The molecule has 0 unspecified atom stereocenters. The van der Waals surface area contributed by atoms with Gasteiger partial charge in [-0.25, -0.2) is 0 Å². The van der Waals surface area contributed by atoms with Crippen molar-refractivity contribution < 1.29 is 4.79 Å². The molecule has 0 spiro atoms. The third-order valence-corrected chi connectivity index (χ3v) is 2.05. The predicted octanol–water partition coefficient (Wildman–Crippen LogP) is 0.728. The molecule has 1 rings (SSSR count). The van der Waals surface area contributed by atoms with E-state index in [1.165, 1.54) is 0 Å². The van der Waals surface area contributed by atoms with E-state index in [2.05, 4.69) is 0 Å². The van der Waals surface area contributed by atoms with Crippen molar-refractivity contribution in [1.29, 1.82) is 0 Å². The van der Waals surface area contributed by atoms with Crippen LogP contribution in [0.5, 0.6) is 0 Å². The van der Waals surface area contributed by atoms with Gasteiger partial charge in [-0.3, -0.25) is 4.79 Å². The lowest BCUT2D eigenvalue weighted by molar-refractivity contribution is 0.541. The van der Waals surface area contributed by atoms with Gasteiger partial charge in [0.15, 0.2) is 0 Å². The standard InChI is InChI=1S/C7H8NOS/c8-6(5-9)4-7-2-1-3-10-7/h1-3,6H,4,8H2/t6-/m0/s1. The number of thiophene rings is 1. The van der Waals surface area contributed by atoms with Crippen LogP contribution in [0.15, 0.2) is 17.5 Å². The highest BCUT2D eigenvalue weighted by Gasteiger charge is 2.02. The summed E-state index contributed by atoms with van der Waals surface area (Å²) in [5.74, 6) is 0. The van der Waals surface area contributed by atoms with Crippen LogP contribution >= 0.6 is 11.3 Å². The lowest BCUT2D eigenvalue weighted by atomic mass is 10.2. The Labute approximate surface area is 63.7 Å². The van der Waals surface area contributed by atoms with Gasteiger partial charge < -0.3 is 5.73 Å². The van der Waals surface area contributed by atoms with Gasteiger partial charge in [-0.15, -0.1) is 11.3 Å². The Morgan fingerprint density at radius 2 is 2.60 bits per heavy atom. The SMILES string of the molecule is N[C@H]([C]=O)Cc1cccs1. The van der Waals surface area contributed by atoms with Gasteiger partial charge >= 0.3 is 0 Å². The summed E-state index contributed by atoms with van der Waals surface area (Å²) < 4.78 is 0. The van der Waals surface area contributed by atoms with Gasteiger partial charge in [0.2, 0.25) is 6.29 Å². The van der Waals surface area contributed by atoms with Crippen LogP contribution in [-0.2, 0) is 11.2 Å². The Morgan fingerprint density at radius 3 is 3.10 bits per heavy atom. The molecular weight excluding hydrogens is 146 g/mol. The Morgan fingerprint density at radius 1 is 1.80 bits per heavy atom. The Balaban J connectivity index is 2.47. The molecular formula is C7H8NOS. The van der Waals surface area contributed by atoms with Gasteiger partial charge in [-0.2, -0.15) is 0 Å². The minimum atomic E-state index is -0.460. The molecule has 2 N–H and O–H groups in total. The number of nitrogens with two attached hydrogens (primary N) is 1.